The second kappa shape index (κ2) is 4.47. The summed E-state index contributed by atoms with van der Waals surface area (Å²) in [6.07, 6.45) is 4.30. The number of aryl methyl sites for hydroxylation is 1. The standard InChI is InChI=1S/C13H16NO/c1-11-7-3-4-8-12(11)13(15)14-9-5-2-6-10-14/h2-4,7-8H,5-6,9-10H2,1H3. The van der Waals surface area contributed by atoms with Crippen LogP contribution in [0, 0.1) is 13.3 Å². The van der Waals surface area contributed by atoms with E-state index in [1.165, 1.54) is 0 Å². The molecule has 2 heteroatoms. The fourth-order valence-corrected chi connectivity index (χ4v) is 1.94. The third-order valence-corrected chi connectivity index (χ3v) is 2.87. The Morgan fingerprint density at radius 2 is 1.87 bits per heavy atom. The Morgan fingerprint density at radius 1 is 1.20 bits per heavy atom. The summed E-state index contributed by atoms with van der Waals surface area (Å²) in [6, 6.07) is 7.80. The summed E-state index contributed by atoms with van der Waals surface area (Å²) in [7, 11) is 0. The van der Waals surface area contributed by atoms with E-state index in [-0.39, 0.29) is 5.91 Å². The number of hydrogen-bond donors (Lipinski definition) is 0. The molecule has 79 valence electrons. The van der Waals surface area contributed by atoms with Crippen LogP contribution < -0.4 is 0 Å². The van der Waals surface area contributed by atoms with E-state index in [4.69, 9.17) is 0 Å². The Hall–Kier alpha value is -1.31. The molecule has 2 rings (SSSR count). The van der Waals surface area contributed by atoms with Gasteiger partial charge in [0.25, 0.3) is 5.91 Å². The lowest BCUT2D eigenvalue weighted by atomic mass is 10.1. The molecule has 0 bridgehead atoms. The molecule has 0 aliphatic carbocycles. The van der Waals surface area contributed by atoms with Crippen molar-refractivity contribution in [2.45, 2.75) is 19.8 Å². The van der Waals surface area contributed by atoms with E-state index in [1.54, 1.807) is 0 Å². The summed E-state index contributed by atoms with van der Waals surface area (Å²) >= 11 is 0. The van der Waals surface area contributed by atoms with Crippen molar-refractivity contribution in [1.29, 1.82) is 0 Å². The maximum absolute atomic E-state index is 12.1. The Morgan fingerprint density at radius 3 is 2.53 bits per heavy atom. The van der Waals surface area contributed by atoms with Gasteiger partial charge in [0, 0.05) is 18.7 Å². The zero-order chi connectivity index (χ0) is 10.7. The van der Waals surface area contributed by atoms with Crippen LogP contribution in [0.2, 0.25) is 0 Å². The highest BCUT2D eigenvalue weighted by Gasteiger charge is 2.18. The first-order valence-electron chi connectivity index (χ1n) is 5.45. The summed E-state index contributed by atoms with van der Waals surface area (Å²) < 4.78 is 0. The maximum atomic E-state index is 12.1. The molecular weight excluding hydrogens is 186 g/mol. The molecule has 1 heterocycles. The van der Waals surface area contributed by atoms with Crippen molar-refractivity contribution in [2.24, 2.45) is 0 Å². The predicted molar refractivity (Wildman–Crippen MR) is 60.6 cm³/mol. The van der Waals surface area contributed by atoms with Crippen LogP contribution in [0.3, 0.4) is 0 Å². The molecule has 1 aliphatic rings. The van der Waals surface area contributed by atoms with E-state index in [1.807, 2.05) is 36.1 Å². The summed E-state index contributed by atoms with van der Waals surface area (Å²) in [5.41, 5.74) is 1.91. The second-order valence-corrected chi connectivity index (χ2v) is 3.97. The minimum Gasteiger partial charge on any atom is -0.339 e. The second-order valence-electron chi connectivity index (χ2n) is 3.97. The van der Waals surface area contributed by atoms with Gasteiger partial charge in [-0.1, -0.05) is 18.2 Å². The molecule has 1 fully saturated rings. The van der Waals surface area contributed by atoms with E-state index in [0.29, 0.717) is 0 Å². The van der Waals surface area contributed by atoms with Gasteiger partial charge in [-0.3, -0.25) is 4.79 Å². The average Bonchev–Trinajstić information content (AvgIpc) is 2.30. The Bertz CT molecular complexity index is 353. The van der Waals surface area contributed by atoms with Crippen LogP contribution in [0.5, 0.6) is 0 Å². The molecule has 0 atom stereocenters. The van der Waals surface area contributed by atoms with Crippen molar-refractivity contribution >= 4 is 5.91 Å². The van der Waals surface area contributed by atoms with Gasteiger partial charge in [0.05, 0.1) is 0 Å². The van der Waals surface area contributed by atoms with Crippen molar-refractivity contribution in [3.8, 4) is 0 Å². The van der Waals surface area contributed by atoms with Crippen LogP contribution in [0.1, 0.15) is 28.8 Å². The van der Waals surface area contributed by atoms with Crippen LogP contribution in [0.4, 0.5) is 0 Å². The van der Waals surface area contributed by atoms with Gasteiger partial charge < -0.3 is 4.90 Å². The molecule has 15 heavy (non-hydrogen) atoms. The lowest BCUT2D eigenvalue weighted by Gasteiger charge is -2.27. The highest BCUT2D eigenvalue weighted by atomic mass is 16.2. The molecule has 0 unspecified atom stereocenters. The number of benzene rings is 1. The van der Waals surface area contributed by atoms with Crippen molar-refractivity contribution in [3.63, 3.8) is 0 Å². The highest BCUT2D eigenvalue weighted by molar-refractivity contribution is 5.95. The minimum absolute atomic E-state index is 0.182. The molecule has 1 saturated heterocycles. The van der Waals surface area contributed by atoms with Crippen LogP contribution >= 0.6 is 0 Å². The van der Waals surface area contributed by atoms with Gasteiger partial charge in [-0.05, 0) is 37.8 Å². The number of carbonyl (C=O) groups excluding carboxylic acids is 1. The first kappa shape index (κ1) is 10.2. The summed E-state index contributed by atoms with van der Waals surface area (Å²) in [6.45, 7) is 3.73. The monoisotopic (exact) mass is 202 g/mol. The maximum Gasteiger partial charge on any atom is 0.254 e. The molecule has 1 amide bonds. The van der Waals surface area contributed by atoms with Crippen molar-refractivity contribution in [3.05, 3.63) is 41.8 Å². The van der Waals surface area contributed by atoms with E-state index < -0.39 is 0 Å². The smallest absolute Gasteiger partial charge is 0.254 e. The molecule has 1 aromatic rings. The molecule has 1 radical (unpaired) electrons. The number of amides is 1. The van der Waals surface area contributed by atoms with Gasteiger partial charge in [-0.25, -0.2) is 0 Å². The Kier molecular flexibility index (Phi) is 3.05. The van der Waals surface area contributed by atoms with E-state index in [0.717, 1.165) is 37.1 Å². The molecule has 0 aromatic heterocycles. The zero-order valence-electron chi connectivity index (χ0n) is 9.07. The Balaban J connectivity index is 2.16. The van der Waals surface area contributed by atoms with Crippen LogP contribution in [-0.2, 0) is 0 Å². The highest BCUT2D eigenvalue weighted by Crippen LogP contribution is 2.14. The van der Waals surface area contributed by atoms with Crippen LogP contribution in [-0.4, -0.2) is 23.9 Å². The number of hydrogen-bond acceptors (Lipinski definition) is 1. The Labute approximate surface area is 90.9 Å². The molecule has 0 spiro atoms. The molecular formula is C13H16NO. The normalized spacial score (nSPS) is 16.5. The quantitative estimate of drug-likeness (QED) is 0.685. The first-order chi connectivity index (χ1) is 7.29. The minimum atomic E-state index is 0.182. The number of carbonyl (C=O) groups is 1. The lowest BCUT2D eigenvalue weighted by molar-refractivity contribution is 0.0741. The molecule has 2 nitrogen and oxygen atoms in total. The summed E-state index contributed by atoms with van der Waals surface area (Å²) in [4.78, 5) is 14.1. The van der Waals surface area contributed by atoms with E-state index in [2.05, 4.69) is 6.42 Å². The van der Waals surface area contributed by atoms with Gasteiger partial charge in [-0.15, -0.1) is 0 Å². The number of nitrogens with zero attached hydrogens (tertiary/aromatic N) is 1. The average molecular weight is 202 g/mol. The van der Waals surface area contributed by atoms with E-state index >= 15 is 0 Å². The summed E-state index contributed by atoms with van der Waals surface area (Å²) in [5.74, 6) is 0.182. The van der Waals surface area contributed by atoms with Gasteiger partial charge in [-0.2, -0.15) is 0 Å². The van der Waals surface area contributed by atoms with Gasteiger partial charge in [0.2, 0.25) is 0 Å². The van der Waals surface area contributed by atoms with Gasteiger partial charge >= 0.3 is 0 Å². The predicted octanol–water partition coefficient (Wildman–Crippen LogP) is 2.44. The molecule has 1 aliphatic heterocycles. The first-order valence-corrected chi connectivity index (χ1v) is 5.45. The van der Waals surface area contributed by atoms with Crippen molar-refractivity contribution in [1.82, 2.24) is 4.90 Å². The van der Waals surface area contributed by atoms with Crippen LogP contribution in [0.15, 0.2) is 24.3 Å². The van der Waals surface area contributed by atoms with Crippen LogP contribution in [0.25, 0.3) is 0 Å². The molecule has 0 N–H and O–H groups in total. The molecule has 0 saturated carbocycles. The zero-order valence-corrected chi connectivity index (χ0v) is 9.07. The molecule has 1 aromatic carbocycles. The van der Waals surface area contributed by atoms with E-state index in [9.17, 15) is 4.79 Å². The number of piperidine rings is 1. The van der Waals surface area contributed by atoms with Crippen molar-refractivity contribution in [2.75, 3.05) is 13.1 Å². The topological polar surface area (TPSA) is 20.3 Å². The SMILES string of the molecule is Cc1ccccc1C(=O)N1CC[CH]CC1. The third-order valence-electron chi connectivity index (χ3n) is 2.87. The third kappa shape index (κ3) is 2.20. The van der Waals surface area contributed by atoms with Crippen molar-refractivity contribution < 1.29 is 4.79 Å². The largest absolute Gasteiger partial charge is 0.339 e. The number of rotatable bonds is 1. The van der Waals surface area contributed by atoms with Gasteiger partial charge in [0.15, 0.2) is 0 Å². The summed E-state index contributed by atoms with van der Waals surface area (Å²) in [5, 5.41) is 0. The fourth-order valence-electron chi connectivity index (χ4n) is 1.94. The van der Waals surface area contributed by atoms with Gasteiger partial charge in [0.1, 0.15) is 0 Å². The number of likely N-dealkylation sites (tertiary alicyclic amines) is 1. The lowest BCUT2D eigenvalue weighted by Crippen LogP contribution is -2.36. The fraction of sp³-hybridized carbons (Fsp3) is 0.385.